The lowest BCUT2D eigenvalue weighted by Crippen LogP contribution is -2.08. The lowest BCUT2D eigenvalue weighted by molar-refractivity contribution is -0.117. The molecule has 0 atom stereocenters. The normalized spacial score (nSPS) is 12.7. The van der Waals surface area contributed by atoms with Gasteiger partial charge in [0.05, 0.1) is 11.3 Å². The van der Waals surface area contributed by atoms with Crippen molar-refractivity contribution in [3.8, 4) is 0 Å². The van der Waals surface area contributed by atoms with Crippen molar-refractivity contribution in [2.24, 2.45) is 4.99 Å². The van der Waals surface area contributed by atoms with Crippen molar-refractivity contribution in [2.75, 3.05) is 0 Å². The van der Waals surface area contributed by atoms with Crippen molar-refractivity contribution < 1.29 is 14.4 Å². The van der Waals surface area contributed by atoms with Crippen LogP contribution in [0, 0.1) is 0 Å². The van der Waals surface area contributed by atoms with Gasteiger partial charge in [-0.15, -0.1) is 0 Å². The van der Waals surface area contributed by atoms with E-state index in [0.29, 0.717) is 12.1 Å². The van der Waals surface area contributed by atoms with Gasteiger partial charge in [0, 0.05) is 12.1 Å². The molecule has 0 unspecified atom stereocenters. The first kappa shape index (κ1) is 27.1. The zero-order valence-electron chi connectivity index (χ0n) is 19.5. The number of benzene rings is 1. The van der Waals surface area contributed by atoms with E-state index >= 15 is 0 Å². The van der Waals surface area contributed by atoms with E-state index in [1.165, 1.54) is 25.2 Å². The van der Waals surface area contributed by atoms with Crippen LogP contribution in [0.25, 0.3) is 0 Å². The predicted octanol–water partition coefficient (Wildman–Crippen LogP) is 6.05. The highest BCUT2D eigenvalue weighted by molar-refractivity contribution is 6.27. The van der Waals surface area contributed by atoms with Gasteiger partial charge >= 0.3 is 0 Å². The summed E-state index contributed by atoms with van der Waals surface area (Å²) >= 11 is 0. The predicted molar refractivity (Wildman–Crippen MR) is 137 cm³/mol. The van der Waals surface area contributed by atoms with Gasteiger partial charge in [0.25, 0.3) is 0 Å². The van der Waals surface area contributed by atoms with Gasteiger partial charge in [0.2, 0.25) is 0 Å². The summed E-state index contributed by atoms with van der Waals surface area (Å²) in [4.78, 5) is 41.0. The fourth-order valence-electron chi connectivity index (χ4n) is 2.57. The second kappa shape index (κ2) is 15.8. The highest BCUT2D eigenvalue weighted by atomic mass is 16.1. The molecule has 0 saturated heterocycles. The summed E-state index contributed by atoms with van der Waals surface area (Å²) < 4.78 is 0. The summed E-state index contributed by atoms with van der Waals surface area (Å²) in [7, 11) is 0. The molecule has 1 rings (SSSR count). The largest absolute Gasteiger partial charge is 0.300 e. The van der Waals surface area contributed by atoms with Crippen LogP contribution in [0.2, 0.25) is 0 Å². The molecule has 0 amide bonds. The van der Waals surface area contributed by atoms with E-state index in [9.17, 15) is 14.4 Å². The molecule has 0 aliphatic carbocycles. The number of hydrogen-bond acceptors (Lipinski definition) is 4. The van der Waals surface area contributed by atoms with Gasteiger partial charge < -0.3 is 0 Å². The van der Waals surface area contributed by atoms with E-state index in [1.54, 1.807) is 48.6 Å². The number of Topliss-reactive ketones (excluding diaryl/α,β-unsaturated/α-hetero) is 1. The maximum atomic E-state index is 12.8. The number of nitrogens with zero attached hydrogens (tertiary/aromatic N) is 1. The maximum Gasteiger partial charge on any atom is 0.189 e. The first-order valence-electron chi connectivity index (χ1n) is 10.7. The molecule has 4 heteroatoms. The highest BCUT2D eigenvalue weighted by Gasteiger charge is 2.12. The zero-order valence-corrected chi connectivity index (χ0v) is 19.5. The van der Waals surface area contributed by atoms with Crippen molar-refractivity contribution in [1.82, 2.24) is 0 Å². The molecule has 0 aliphatic heterocycles. The van der Waals surface area contributed by atoms with Crippen molar-refractivity contribution in [2.45, 2.75) is 33.6 Å². The van der Waals surface area contributed by atoms with Crippen molar-refractivity contribution in [3.05, 3.63) is 121 Å². The van der Waals surface area contributed by atoms with Gasteiger partial charge in [0.15, 0.2) is 11.6 Å². The molecule has 4 nitrogen and oxygen atoms in total. The van der Waals surface area contributed by atoms with Crippen molar-refractivity contribution in [3.63, 3.8) is 0 Å². The lowest BCUT2D eigenvalue weighted by Gasteiger charge is -1.99. The zero-order chi connectivity index (χ0) is 24.5. The average Bonchev–Trinajstić information content (AvgIpc) is 2.77. The number of ketones is 3. The van der Waals surface area contributed by atoms with E-state index < -0.39 is 11.6 Å². The first-order chi connectivity index (χ1) is 15.8. The minimum atomic E-state index is -0.433. The molecule has 1 aromatic carbocycles. The van der Waals surface area contributed by atoms with Crippen LogP contribution in [0.15, 0.2) is 120 Å². The minimum Gasteiger partial charge on any atom is -0.300 e. The third kappa shape index (κ3) is 12.5. The molecule has 0 aliphatic rings. The molecule has 0 fully saturated rings. The number of allylic oxidation sites excluding steroid dienone is 12. The van der Waals surface area contributed by atoms with Gasteiger partial charge in [-0.05, 0) is 63.1 Å². The number of carbonyl (C=O) groups is 3. The van der Waals surface area contributed by atoms with Crippen LogP contribution in [-0.4, -0.2) is 23.1 Å². The summed E-state index contributed by atoms with van der Waals surface area (Å²) in [5, 5.41) is 0. The van der Waals surface area contributed by atoms with Crippen LogP contribution >= 0.6 is 0 Å². The summed E-state index contributed by atoms with van der Waals surface area (Å²) in [6, 6.07) is 9.73. The van der Waals surface area contributed by atoms with Gasteiger partial charge in [0.1, 0.15) is 5.78 Å². The molecule has 0 aromatic heterocycles. The highest BCUT2D eigenvalue weighted by Crippen LogP contribution is 2.07. The van der Waals surface area contributed by atoms with Gasteiger partial charge in [-0.3, -0.25) is 19.4 Å². The number of rotatable bonds is 13. The molecular weight excluding hydrogens is 410 g/mol. The fraction of sp³-hybridized carbons (Fsp3) is 0.172. The Hall–Kier alpha value is -3.92. The Bertz CT molecular complexity index is 1040. The third-order valence-electron chi connectivity index (χ3n) is 4.07. The van der Waals surface area contributed by atoms with E-state index in [0.717, 1.165) is 11.3 Å². The number of aliphatic imine (C=N–C) groups is 1. The smallest absolute Gasteiger partial charge is 0.189 e. The van der Waals surface area contributed by atoms with Crippen LogP contribution < -0.4 is 0 Å². The molecule has 0 radical (unpaired) electrons. The summed E-state index contributed by atoms with van der Waals surface area (Å²) in [6.45, 7) is 8.87. The lowest BCUT2D eigenvalue weighted by atomic mass is 10.0. The summed E-state index contributed by atoms with van der Waals surface area (Å²) in [5.41, 5.74) is 2.60. The van der Waals surface area contributed by atoms with Gasteiger partial charge in [-0.1, -0.05) is 73.4 Å². The molecule has 33 heavy (non-hydrogen) atoms. The number of hydrogen-bond donors (Lipinski definition) is 0. The topological polar surface area (TPSA) is 63.6 Å². The van der Waals surface area contributed by atoms with E-state index in [1.807, 2.05) is 44.2 Å². The molecule has 0 spiro atoms. The maximum absolute atomic E-state index is 12.8. The average molecular weight is 442 g/mol. The standard InChI is InChI=1S/C29H31NO3/c1-5-6-18-26(30-23(2)3)19-13-22-29(33)27(20-11-10-14-24(4)31)28(32)21-12-17-25-15-8-7-9-16-25/h5-13,15-16,18-22H,1,14,17H2,2-4H3/b11-10+,18-6+,21-12+,22-13+,26-19-,27-20+. The van der Waals surface area contributed by atoms with Crippen LogP contribution in [0.5, 0.6) is 0 Å². The molecule has 170 valence electrons. The Labute approximate surface area is 196 Å². The SMILES string of the molecule is C=C/C=C/C(=C/C=C/C(=O)/C(=C/C=C/CC(C)=O)C(=O)/C=C/Cc1ccccc1)N=C(C)C. The number of carbonyl (C=O) groups excluding carboxylic acids is 3. The van der Waals surface area contributed by atoms with Crippen molar-refractivity contribution >= 4 is 23.1 Å². The van der Waals surface area contributed by atoms with Crippen molar-refractivity contribution in [1.29, 1.82) is 0 Å². The third-order valence-corrected chi connectivity index (χ3v) is 4.07. The van der Waals surface area contributed by atoms with Crippen LogP contribution in [0.3, 0.4) is 0 Å². The summed E-state index contributed by atoms with van der Waals surface area (Å²) in [6.07, 6.45) is 18.3. The van der Waals surface area contributed by atoms with Crippen LogP contribution in [0.4, 0.5) is 0 Å². The molecule has 0 saturated carbocycles. The Morgan fingerprint density at radius 2 is 1.55 bits per heavy atom. The van der Waals surface area contributed by atoms with Gasteiger partial charge in [-0.2, -0.15) is 0 Å². The van der Waals surface area contributed by atoms with E-state index in [-0.39, 0.29) is 17.8 Å². The minimum absolute atomic E-state index is 0.00137. The quantitative estimate of drug-likeness (QED) is 0.123. The monoisotopic (exact) mass is 441 g/mol. The fourth-order valence-corrected chi connectivity index (χ4v) is 2.57. The Morgan fingerprint density at radius 3 is 2.18 bits per heavy atom. The molecule has 1 aromatic rings. The molecule has 0 bridgehead atoms. The van der Waals surface area contributed by atoms with E-state index in [2.05, 4.69) is 11.6 Å². The first-order valence-corrected chi connectivity index (χ1v) is 10.7. The summed E-state index contributed by atoms with van der Waals surface area (Å²) in [5.74, 6) is -0.831. The second-order valence-corrected chi connectivity index (χ2v) is 7.34. The molecular formula is C29H31NO3. The Morgan fingerprint density at radius 1 is 0.848 bits per heavy atom. The molecule has 0 heterocycles. The Balaban J connectivity index is 3.08. The van der Waals surface area contributed by atoms with Crippen LogP contribution in [-0.2, 0) is 20.8 Å². The van der Waals surface area contributed by atoms with Crippen LogP contribution in [0.1, 0.15) is 32.8 Å². The Kier molecular flexibility index (Phi) is 13.0. The van der Waals surface area contributed by atoms with E-state index in [4.69, 9.17) is 0 Å². The molecule has 0 N–H and O–H groups in total. The van der Waals surface area contributed by atoms with Gasteiger partial charge in [-0.25, -0.2) is 0 Å². The second-order valence-electron chi connectivity index (χ2n) is 7.34.